The van der Waals surface area contributed by atoms with Gasteiger partial charge in [0, 0.05) is 45.2 Å². The summed E-state index contributed by atoms with van der Waals surface area (Å²) in [5.41, 5.74) is 0.546. The number of hydrogen-bond donors (Lipinski definition) is 0. The summed E-state index contributed by atoms with van der Waals surface area (Å²) in [7, 11) is -1.46. The first-order valence-corrected chi connectivity index (χ1v) is 13.3. The minimum Gasteiger partial charge on any atom is -0.493 e. The Bertz CT molecular complexity index is 1280. The van der Waals surface area contributed by atoms with Crippen LogP contribution in [-0.2, 0) is 9.09 Å². The molecule has 0 radical (unpaired) electrons. The van der Waals surface area contributed by atoms with Crippen LogP contribution in [0.15, 0.2) is 30.3 Å². The molecule has 2 aromatic rings. The quantitative estimate of drug-likeness (QED) is 0.234. The second-order valence-corrected chi connectivity index (χ2v) is 11.4. The lowest BCUT2D eigenvalue weighted by Crippen LogP contribution is -2.27. The van der Waals surface area contributed by atoms with Crippen LogP contribution in [-0.4, -0.2) is 78.1 Å². The van der Waals surface area contributed by atoms with Gasteiger partial charge in [0.15, 0.2) is 11.5 Å². The Hall–Kier alpha value is -3.18. The maximum atomic E-state index is 13.6. The van der Waals surface area contributed by atoms with Gasteiger partial charge in [-0.2, -0.15) is 0 Å². The van der Waals surface area contributed by atoms with Crippen LogP contribution in [0.2, 0.25) is 0 Å². The third kappa shape index (κ3) is 4.09. The van der Waals surface area contributed by atoms with E-state index in [9.17, 15) is 19.5 Å². The number of likely N-dealkylation sites (N-methyl/N-ethyl adjacent to an activating group) is 1. The van der Waals surface area contributed by atoms with Crippen LogP contribution in [0, 0.1) is 10.1 Å². The monoisotopic (exact) mass is 516 g/mol. The number of nitro groups is 1. The summed E-state index contributed by atoms with van der Waals surface area (Å²) >= 11 is 0. The zero-order valence-corrected chi connectivity index (χ0v) is 20.5. The molecule has 4 aliphatic heterocycles. The zero-order chi connectivity index (χ0) is 25.0. The number of carbonyl (C=O) groups is 1. The first kappa shape index (κ1) is 23.2. The van der Waals surface area contributed by atoms with Crippen LogP contribution < -0.4 is 14.2 Å². The van der Waals surface area contributed by atoms with Gasteiger partial charge in [0.2, 0.25) is 5.75 Å². The highest BCUT2D eigenvalue weighted by Gasteiger charge is 2.51. The molecule has 12 nitrogen and oxygen atoms in total. The summed E-state index contributed by atoms with van der Waals surface area (Å²) < 4.78 is 41.0. The Morgan fingerprint density at radius 3 is 2.50 bits per heavy atom. The molecule has 2 aromatic carbocycles. The van der Waals surface area contributed by atoms with Gasteiger partial charge in [0.1, 0.15) is 12.4 Å². The van der Waals surface area contributed by atoms with Crippen LogP contribution in [0.25, 0.3) is 0 Å². The third-order valence-electron chi connectivity index (χ3n) is 6.55. The number of hydrogen-bond acceptors (Lipinski definition) is 8. The van der Waals surface area contributed by atoms with E-state index in [0.29, 0.717) is 56.0 Å². The average Bonchev–Trinajstić information content (AvgIpc) is 3.75. The van der Waals surface area contributed by atoms with Crippen LogP contribution in [0.1, 0.15) is 28.4 Å². The van der Waals surface area contributed by atoms with E-state index < -0.39 is 18.7 Å². The Balaban J connectivity index is 1.38. The molecule has 6 rings (SSSR count). The first-order valence-electron chi connectivity index (χ1n) is 11.8. The fraction of sp³-hybridized carbons (Fsp3) is 0.435. The van der Waals surface area contributed by atoms with Crippen molar-refractivity contribution in [2.24, 2.45) is 0 Å². The molecule has 0 saturated carbocycles. The number of amides is 1. The van der Waals surface area contributed by atoms with Gasteiger partial charge in [-0.15, -0.1) is 0 Å². The molecular formula is C23H25N4O8P. The number of nitro benzene ring substituents is 1. The van der Waals surface area contributed by atoms with Gasteiger partial charge >= 0.3 is 13.4 Å². The van der Waals surface area contributed by atoms with Crippen molar-refractivity contribution >= 4 is 19.3 Å². The Morgan fingerprint density at radius 1 is 1.06 bits per heavy atom. The molecule has 2 fully saturated rings. The molecule has 1 atom stereocenters. The summed E-state index contributed by atoms with van der Waals surface area (Å²) in [5.74, 6) is 0.444. The van der Waals surface area contributed by atoms with E-state index in [1.54, 1.807) is 30.1 Å². The highest BCUT2D eigenvalue weighted by Crippen LogP contribution is 2.64. The van der Waals surface area contributed by atoms with Crippen LogP contribution in [0.3, 0.4) is 0 Å². The minimum absolute atomic E-state index is 0.0480. The summed E-state index contributed by atoms with van der Waals surface area (Å²) in [4.78, 5) is 25.6. The number of benzene rings is 2. The maximum Gasteiger partial charge on any atom is 0.346 e. The summed E-state index contributed by atoms with van der Waals surface area (Å²) in [6.45, 7) is 3.79. The molecule has 0 aromatic heterocycles. The van der Waals surface area contributed by atoms with Crippen molar-refractivity contribution in [1.82, 2.24) is 14.2 Å². The van der Waals surface area contributed by atoms with E-state index >= 15 is 0 Å². The van der Waals surface area contributed by atoms with Crippen molar-refractivity contribution < 1.29 is 33.0 Å². The molecule has 13 heteroatoms. The average molecular weight is 516 g/mol. The molecule has 0 bridgehead atoms. The van der Waals surface area contributed by atoms with Crippen molar-refractivity contribution in [3.63, 3.8) is 0 Å². The van der Waals surface area contributed by atoms with Gasteiger partial charge < -0.3 is 19.1 Å². The first-order chi connectivity index (χ1) is 17.3. The van der Waals surface area contributed by atoms with Crippen molar-refractivity contribution in [1.29, 1.82) is 0 Å². The molecule has 0 aliphatic carbocycles. The van der Waals surface area contributed by atoms with Gasteiger partial charge in [0.25, 0.3) is 5.91 Å². The van der Waals surface area contributed by atoms with Gasteiger partial charge in [-0.05, 0) is 18.2 Å². The van der Waals surface area contributed by atoms with Crippen LogP contribution in [0.5, 0.6) is 23.0 Å². The lowest BCUT2D eigenvalue weighted by atomic mass is 10.0. The molecule has 36 heavy (non-hydrogen) atoms. The van der Waals surface area contributed by atoms with Crippen molar-refractivity contribution in [2.45, 2.75) is 12.5 Å². The number of para-hydroxylation sites is 1. The standard InChI is InChI=1S/C23H25N4O8P/c1-24-10-12-33-22-15(23(24)28)3-2-4-19(22)34-21-13-16-18(5-11-32-20(16)14-17(21)27(29)30)35-36(31,25-6-7-25)26-8-9-26/h2-4,13-14,18H,5-12H2,1H3. The van der Waals surface area contributed by atoms with E-state index in [4.69, 9.17) is 18.7 Å². The summed E-state index contributed by atoms with van der Waals surface area (Å²) in [5, 5.41) is 11.9. The van der Waals surface area contributed by atoms with E-state index in [-0.39, 0.29) is 42.1 Å². The predicted molar refractivity (Wildman–Crippen MR) is 127 cm³/mol. The van der Waals surface area contributed by atoms with Crippen LogP contribution in [0.4, 0.5) is 5.69 Å². The fourth-order valence-electron chi connectivity index (χ4n) is 4.40. The lowest BCUT2D eigenvalue weighted by Gasteiger charge is -2.30. The Morgan fingerprint density at radius 2 is 1.81 bits per heavy atom. The lowest BCUT2D eigenvalue weighted by molar-refractivity contribution is -0.385. The van der Waals surface area contributed by atoms with Gasteiger partial charge in [-0.1, -0.05) is 6.07 Å². The third-order valence-corrected chi connectivity index (χ3v) is 9.31. The normalized spacial score (nSPS) is 21.5. The van der Waals surface area contributed by atoms with E-state index in [2.05, 4.69) is 0 Å². The number of rotatable bonds is 7. The molecule has 1 unspecified atom stereocenters. The molecule has 1 amide bonds. The Kier molecular flexibility index (Phi) is 5.64. The van der Waals surface area contributed by atoms with E-state index in [1.165, 1.54) is 12.1 Å². The van der Waals surface area contributed by atoms with E-state index in [1.807, 2.05) is 9.34 Å². The number of carbonyl (C=O) groups excluding carboxylic acids is 1. The van der Waals surface area contributed by atoms with Crippen molar-refractivity contribution in [3.8, 4) is 23.0 Å². The van der Waals surface area contributed by atoms with Gasteiger partial charge in [-0.25, -0.2) is 9.34 Å². The molecule has 4 heterocycles. The highest BCUT2D eigenvalue weighted by atomic mass is 31.2. The van der Waals surface area contributed by atoms with Crippen molar-refractivity contribution in [3.05, 3.63) is 51.6 Å². The van der Waals surface area contributed by atoms with Gasteiger partial charge in [0.05, 0.1) is 35.8 Å². The molecule has 190 valence electrons. The largest absolute Gasteiger partial charge is 0.493 e. The minimum atomic E-state index is -3.14. The molecule has 2 saturated heterocycles. The second kappa shape index (κ2) is 8.74. The molecule has 0 N–H and O–H groups in total. The number of fused-ring (bicyclic) bond motifs is 2. The molecule has 4 aliphatic rings. The van der Waals surface area contributed by atoms with E-state index in [0.717, 1.165) is 0 Å². The van der Waals surface area contributed by atoms with Crippen LogP contribution >= 0.6 is 7.67 Å². The summed E-state index contributed by atoms with van der Waals surface area (Å²) in [6.07, 6.45) is -0.135. The number of nitrogens with zero attached hydrogens (tertiary/aromatic N) is 4. The maximum absolute atomic E-state index is 13.6. The zero-order valence-electron chi connectivity index (χ0n) is 19.6. The molecular weight excluding hydrogens is 491 g/mol. The fourth-order valence-corrected chi connectivity index (χ4v) is 6.77. The highest BCUT2D eigenvalue weighted by molar-refractivity contribution is 7.54. The molecule has 0 spiro atoms. The predicted octanol–water partition coefficient (Wildman–Crippen LogP) is 3.43. The smallest absolute Gasteiger partial charge is 0.346 e. The van der Waals surface area contributed by atoms with Crippen molar-refractivity contribution in [2.75, 3.05) is 53.0 Å². The van der Waals surface area contributed by atoms with Gasteiger partial charge in [-0.3, -0.25) is 24.0 Å². The SMILES string of the molecule is CN1CCOc2c(Oc3cc4c(cc3[N+](=O)[O-])OCCC4OP(=O)(N3CC3)N3CC3)cccc2C1=O. The Labute approximate surface area is 207 Å². The second-order valence-electron chi connectivity index (χ2n) is 9.05. The summed E-state index contributed by atoms with van der Waals surface area (Å²) in [6, 6.07) is 7.68. The number of ether oxygens (including phenoxy) is 3. The topological polar surface area (TPSA) is 123 Å².